The molecule has 2 aliphatic carbocycles. The normalized spacial score (nSPS) is 16.6. The van der Waals surface area contributed by atoms with Gasteiger partial charge in [-0.1, -0.05) is 24.3 Å². The second-order valence-corrected chi connectivity index (χ2v) is 12.4. The SMILES string of the molecule is COc1ccc(-c2cc3c(c4c2OP(=O)(O)Oc2c(-c5ccc(OC)cc5)cc5c(c2-4)CCCC5)CCCC3)cc1. The van der Waals surface area contributed by atoms with Crippen molar-refractivity contribution in [1.82, 2.24) is 0 Å². The summed E-state index contributed by atoms with van der Waals surface area (Å²) in [5.74, 6) is 2.36. The second kappa shape index (κ2) is 10.3. The molecule has 0 fully saturated rings. The lowest BCUT2D eigenvalue weighted by molar-refractivity contribution is 0.295. The lowest BCUT2D eigenvalue weighted by Crippen LogP contribution is -2.10. The van der Waals surface area contributed by atoms with E-state index in [1.165, 1.54) is 22.3 Å². The van der Waals surface area contributed by atoms with Crippen LogP contribution >= 0.6 is 7.82 Å². The summed E-state index contributed by atoms with van der Waals surface area (Å²) in [7, 11) is -1.26. The minimum Gasteiger partial charge on any atom is -0.497 e. The fourth-order valence-electron chi connectivity index (χ4n) is 6.71. The highest BCUT2D eigenvalue weighted by atomic mass is 31.2. The van der Waals surface area contributed by atoms with E-state index in [2.05, 4.69) is 12.1 Å². The van der Waals surface area contributed by atoms with Crippen LogP contribution in [-0.2, 0) is 30.2 Å². The zero-order valence-electron chi connectivity index (χ0n) is 23.4. The van der Waals surface area contributed by atoms with Crippen molar-refractivity contribution in [2.24, 2.45) is 0 Å². The quantitative estimate of drug-likeness (QED) is 0.250. The zero-order chi connectivity index (χ0) is 28.1. The maximum Gasteiger partial charge on any atom is 0.584 e. The molecule has 41 heavy (non-hydrogen) atoms. The summed E-state index contributed by atoms with van der Waals surface area (Å²) in [5.41, 5.74) is 10.2. The Balaban J connectivity index is 1.58. The first-order valence-electron chi connectivity index (χ1n) is 14.3. The van der Waals surface area contributed by atoms with Crippen LogP contribution in [0.3, 0.4) is 0 Å². The third-order valence-electron chi connectivity index (χ3n) is 8.67. The van der Waals surface area contributed by atoms with Crippen LogP contribution in [-0.4, -0.2) is 19.1 Å². The van der Waals surface area contributed by atoms with E-state index in [0.29, 0.717) is 11.5 Å². The van der Waals surface area contributed by atoms with Crippen LogP contribution in [0.25, 0.3) is 33.4 Å². The van der Waals surface area contributed by atoms with Gasteiger partial charge in [-0.3, -0.25) is 4.89 Å². The summed E-state index contributed by atoms with van der Waals surface area (Å²) in [5, 5.41) is 0. The molecular weight excluding hydrogens is 535 g/mol. The van der Waals surface area contributed by atoms with Gasteiger partial charge in [0.25, 0.3) is 0 Å². The molecule has 4 aromatic rings. The first-order valence-corrected chi connectivity index (χ1v) is 15.8. The van der Waals surface area contributed by atoms with Crippen LogP contribution < -0.4 is 18.5 Å². The average Bonchev–Trinajstić information content (AvgIpc) is 3.13. The summed E-state index contributed by atoms with van der Waals surface area (Å²) in [4.78, 5) is 11.2. The third kappa shape index (κ3) is 4.60. The van der Waals surface area contributed by atoms with Gasteiger partial charge in [-0.05, 0) is 121 Å². The minimum atomic E-state index is -4.54. The predicted molar refractivity (Wildman–Crippen MR) is 160 cm³/mol. The number of fused-ring (bicyclic) bond motifs is 7. The van der Waals surface area contributed by atoms with Gasteiger partial charge in [0.2, 0.25) is 0 Å². The number of methoxy groups -OCH3 is 2. The molecule has 1 aliphatic heterocycles. The van der Waals surface area contributed by atoms with Crippen LogP contribution in [0.15, 0.2) is 60.7 Å². The highest BCUT2D eigenvalue weighted by Gasteiger charge is 2.39. The average molecular weight is 569 g/mol. The van der Waals surface area contributed by atoms with Crippen molar-refractivity contribution in [3.05, 3.63) is 82.9 Å². The number of benzene rings is 4. The Morgan fingerprint density at radius 1 is 0.634 bits per heavy atom. The summed E-state index contributed by atoms with van der Waals surface area (Å²) in [6, 6.07) is 19.8. The molecule has 0 bridgehead atoms. The minimum absolute atomic E-state index is 0.431. The van der Waals surface area contributed by atoms with Gasteiger partial charge >= 0.3 is 7.82 Å². The molecule has 0 atom stereocenters. The maximum absolute atomic E-state index is 13.8. The molecule has 3 aliphatic rings. The van der Waals surface area contributed by atoms with Crippen LogP contribution in [0.5, 0.6) is 23.0 Å². The Morgan fingerprint density at radius 3 is 1.41 bits per heavy atom. The van der Waals surface area contributed by atoms with Crippen LogP contribution in [0, 0.1) is 0 Å². The predicted octanol–water partition coefficient (Wildman–Crippen LogP) is 8.33. The number of hydrogen-bond donors (Lipinski definition) is 1. The zero-order valence-corrected chi connectivity index (χ0v) is 24.3. The number of aryl methyl sites for hydroxylation is 2. The molecule has 6 nitrogen and oxygen atoms in total. The smallest absolute Gasteiger partial charge is 0.497 e. The van der Waals surface area contributed by atoms with Crippen molar-refractivity contribution in [3.8, 4) is 56.4 Å². The number of ether oxygens (including phenoxy) is 2. The van der Waals surface area contributed by atoms with E-state index in [9.17, 15) is 9.46 Å². The maximum atomic E-state index is 13.8. The number of phosphoric ester groups is 1. The van der Waals surface area contributed by atoms with Crippen LogP contribution in [0.1, 0.15) is 47.9 Å². The molecule has 210 valence electrons. The summed E-state index contributed by atoms with van der Waals surface area (Å²) in [6.07, 6.45) is 8.05. The standard InChI is InChI=1S/C34H33O6P/c1-37-25-15-11-21(12-16-25)29-19-23-7-3-5-9-27(23)31-32-28-10-6-4-8-24(28)20-30(22-13-17-26(38-2)18-14-22)34(32)40-41(35,36)39-33(29)31/h11-20H,3-10H2,1-2H3,(H,35,36). The summed E-state index contributed by atoms with van der Waals surface area (Å²) < 4.78 is 36.7. The monoisotopic (exact) mass is 568 g/mol. The molecule has 0 saturated carbocycles. The molecule has 0 amide bonds. The topological polar surface area (TPSA) is 74.2 Å². The lowest BCUT2D eigenvalue weighted by Gasteiger charge is -2.28. The Kier molecular flexibility index (Phi) is 6.56. The molecule has 7 rings (SSSR count). The van der Waals surface area contributed by atoms with Crippen LogP contribution in [0.2, 0.25) is 0 Å². The Bertz CT molecular complexity index is 1570. The molecule has 0 aromatic heterocycles. The number of hydrogen-bond acceptors (Lipinski definition) is 5. The van der Waals surface area contributed by atoms with E-state index < -0.39 is 7.82 Å². The van der Waals surface area contributed by atoms with E-state index >= 15 is 0 Å². The fourth-order valence-corrected chi connectivity index (χ4v) is 7.59. The molecule has 0 radical (unpaired) electrons. The largest absolute Gasteiger partial charge is 0.584 e. The highest BCUT2D eigenvalue weighted by Crippen LogP contribution is 2.61. The molecule has 0 spiro atoms. The molecular formula is C34H33O6P. The van der Waals surface area contributed by atoms with Gasteiger partial charge in [0.05, 0.1) is 14.2 Å². The Labute approximate surface area is 240 Å². The number of rotatable bonds is 4. The van der Waals surface area contributed by atoms with Gasteiger partial charge in [0.15, 0.2) is 0 Å². The fraction of sp³-hybridized carbons (Fsp3) is 0.294. The van der Waals surface area contributed by atoms with Crippen molar-refractivity contribution >= 4 is 7.82 Å². The molecule has 1 heterocycles. The Morgan fingerprint density at radius 2 is 1.02 bits per heavy atom. The summed E-state index contributed by atoms with van der Waals surface area (Å²) in [6.45, 7) is 0. The first-order chi connectivity index (χ1) is 20.0. The van der Waals surface area contributed by atoms with Gasteiger partial charge in [-0.2, -0.15) is 0 Å². The van der Waals surface area contributed by atoms with E-state index in [4.69, 9.17) is 18.5 Å². The Hall–Kier alpha value is -3.73. The number of phosphoric acid groups is 1. The second-order valence-electron chi connectivity index (χ2n) is 11.1. The molecule has 0 unspecified atom stereocenters. The van der Waals surface area contributed by atoms with Crippen molar-refractivity contribution in [3.63, 3.8) is 0 Å². The van der Waals surface area contributed by atoms with Crippen molar-refractivity contribution < 1.29 is 28.0 Å². The van der Waals surface area contributed by atoms with Gasteiger partial charge in [-0.25, -0.2) is 4.57 Å². The van der Waals surface area contributed by atoms with E-state index in [1.54, 1.807) is 14.2 Å². The van der Waals surface area contributed by atoms with Crippen LogP contribution in [0.4, 0.5) is 0 Å². The lowest BCUT2D eigenvalue weighted by atomic mass is 9.77. The molecule has 4 aromatic carbocycles. The van der Waals surface area contributed by atoms with Gasteiger partial charge in [-0.15, -0.1) is 0 Å². The van der Waals surface area contributed by atoms with Gasteiger partial charge < -0.3 is 18.5 Å². The van der Waals surface area contributed by atoms with Crippen molar-refractivity contribution in [2.45, 2.75) is 51.4 Å². The van der Waals surface area contributed by atoms with Crippen molar-refractivity contribution in [1.29, 1.82) is 0 Å². The molecule has 0 saturated heterocycles. The van der Waals surface area contributed by atoms with Gasteiger partial charge in [0.1, 0.15) is 23.0 Å². The summed E-state index contributed by atoms with van der Waals surface area (Å²) >= 11 is 0. The van der Waals surface area contributed by atoms with E-state index in [0.717, 1.165) is 96.2 Å². The highest BCUT2D eigenvalue weighted by molar-refractivity contribution is 7.48. The molecule has 7 heteroatoms. The van der Waals surface area contributed by atoms with E-state index in [-0.39, 0.29) is 0 Å². The molecule has 1 N–H and O–H groups in total. The first kappa shape index (κ1) is 26.2. The third-order valence-corrected chi connectivity index (χ3v) is 9.50. The van der Waals surface area contributed by atoms with Crippen molar-refractivity contribution in [2.75, 3.05) is 14.2 Å². The van der Waals surface area contributed by atoms with Gasteiger partial charge in [0, 0.05) is 22.3 Å². The van der Waals surface area contributed by atoms with E-state index in [1.807, 2.05) is 48.5 Å².